The molecule has 9 heteroatoms. The Morgan fingerprint density at radius 1 is 1.23 bits per heavy atom. The van der Waals surface area contributed by atoms with Crippen LogP contribution in [0.25, 0.3) is 11.2 Å². The Labute approximate surface area is 153 Å². The van der Waals surface area contributed by atoms with Crippen LogP contribution >= 0.6 is 11.6 Å². The standard InChI is InChI=1S/C17H17ClN4O4/c18-8-1-3-9(4-2-8)22-12-10(5-19-17-13(12)20-7-21-17)16-15(25)14(24)11(6-23)26-16/h1-5,7,11,14-16,23-25H,6H2,(H2,19,20,21,22)/p+1/t11-,14+,15-,16?/m1/s1. The van der Waals surface area contributed by atoms with E-state index in [1.54, 1.807) is 24.7 Å². The zero-order valence-electron chi connectivity index (χ0n) is 13.6. The van der Waals surface area contributed by atoms with Crippen molar-refractivity contribution in [3.05, 3.63) is 47.4 Å². The van der Waals surface area contributed by atoms with Crippen molar-refractivity contribution < 1.29 is 25.0 Å². The van der Waals surface area contributed by atoms with Gasteiger partial charge < -0.3 is 25.4 Å². The number of benzene rings is 1. The zero-order valence-corrected chi connectivity index (χ0v) is 14.3. The fourth-order valence-corrected chi connectivity index (χ4v) is 3.26. The van der Waals surface area contributed by atoms with Gasteiger partial charge in [-0.25, -0.2) is 4.98 Å². The normalized spacial score (nSPS) is 25.7. The molecule has 1 unspecified atom stereocenters. The Hall–Kier alpha value is -2.23. The van der Waals surface area contributed by atoms with Crippen LogP contribution in [0.3, 0.4) is 0 Å². The van der Waals surface area contributed by atoms with Gasteiger partial charge in [-0.15, -0.1) is 4.98 Å². The molecule has 0 saturated carbocycles. The fraction of sp³-hybridized carbons (Fsp3) is 0.294. The van der Waals surface area contributed by atoms with E-state index >= 15 is 0 Å². The zero-order chi connectivity index (χ0) is 18.3. The predicted molar refractivity (Wildman–Crippen MR) is 94.1 cm³/mol. The van der Waals surface area contributed by atoms with Crippen LogP contribution in [-0.2, 0) is 4.74 Å². The van der Waals surface area contributed by atoms with Crippen LogP contribution in [0.2, 0.25) is 5.02 Å². The summed E-state index contributed by atoms with van der Waals surface area (Å²) in [5, 5.41) is 33.7. The molecule has 3 aromatic rings. The van der Waals surface area contributed by atoms with Crippen molar-refractivity contribution in [3.8, 4) is 0 Å². The Morgan fingerprint density at radius 3 is 2.69 bits per heavy atom. The number of hydrogen-bond acceptors (Lipinski definition) is 6. The monoisotopic (exact) mass is 377 g/mol. The topological polar surface area (TPSA) is 125 Å². The number of ether oxygens (including phenoxy) is 1. The van der Waals surface area contributed by atoms with Crippen LogP contribution in [0.1, 0.15) is 11.7 Å². The molecule has 3 heterocycles. The second-order valence-electron chi connectivity index (χ2n) is 6.14. The molecule has 0 radical (unpaired) electrons. The molecule has 4 atom stereocenters. The molecular weight excluding hydrogens is 360 g/mol. The molecule has 6 N–H and O–H groups in total. The van der Waals surface area contributed by atoms with E-state index in [-0.39, 0.29) is 6.61 Å². The molecular formula is C17H18ClN4O4+. The molecule has 0 spiro atoms. The highest BCUT2D eigenvalue weighted by molar-refractivity contribution is 6.30. The number of aromatic nitrogens is 3. The third-order valence-electron chi connectivity index (χ3n) is 4.50. The average Bonchev–Trinajstić information content (AvgIpc) is 3.23. The van der Waals surface area contributed by atoms with E-state index in [2.05, 4.69) is 20.3 Å². The lowest BCUT2D eigenvalue weighted by Crippen LogP contribution is -2.32. The number of halogens is 1. The van der Waals surface area contributed by atoms with Crippen molar-refractivity contribution in [3.63, 3.8) is 0 Å². The molecule has 2 aromatic heterocycles. The summed E-state index contributed by atoms with van der Waals surface area (Å²) in [7, 11) is 0. The number of rotatable bonds is 4. The van der Waals surface area contributed by atoms with Crippen molar-refractivity contribution in [1.82, 2.24) is 9.97 Å². The summed E-state index contributed by atoms with van der Waals surface area (Å²) in [5.74, 6) is 0. The maximum Gasteiger partial charge on any atom is 0.301 e. The minimum atomic E-state index is -1.18. The predicted octanol–water partition coefficient (Wildman–Crippen LogP) is 0.928. The summed E-state index contributed by atoms with van der Waals surface area (Å²) in [4.78, 5) is 10.4. The van der Waals surface area contributed by atoms with Crippen LogP contribution in [0.5, 0.6) is 0 Å². The van der Waals surface area contributed by atoms with Gasteiger partial charge in [0.1, 0.15) is 30.6 Å². The molecule has 1 fully saturated rings. The number of nitrogens with zero attached hydrogens (tertiary/aromatic N) is 1. The average molecular weight is 378 g/mol. The molecule has 0 bridgehead atoms. The second kappa shape index (κ2) is 6.82. The Morgan fingerprint density at radius 2 is 2.00 bits per heavy atom. The van der Waals surface area contributed by atoms with Crippen LogP contribution < -0.4 is 10.3 Å². The number of aliphatic hydroxyl groups excluding tert-OH is 3. The van der Waals surface area contributed by atoms with Crippen molar-refractivity contribution in [2.75, 3.05) is 11.9 Å². The van der Waals surface area contributed by atoms with Crippen molar-refractivity contribution >= 4 is 34.1 Å². The number of imidazole rings is 1. The van der Waals surface area contributed by atoms with Gasteiger partial charge in [0.2, 0.25) is 0 Å². The first-order valence-corrected chi connectivity index (χ1v) is 8.49. The summed E-state index contributed by atoms with van der Waals surface area (Å²) < 4.78 is 5.67. The summed E-state index contributed by atoms with van der Waals surface area (Å²) in [5.41, 5.74) is 3.30. The second-order valence-corrected chi connectivity index (χ2v) is 6.57. The molecule has 1 saturated heterocycles. The summed E-state index contributed by atoms with van der Waals surface area (Å²) >= 11 is 5.94. The number of hydrogen-bond donors (Lipinski definition) is 5. The highest BCUT2D eigenvalue weighted by atomic mass is 35.5. The van der Waals surface area contributed by atoms with Gasteiger partial charge in [0.05, 0.1) is 12.3 Å². The first kappa shape index (κ1) is 17.2. The number of fused-ring (bicyclic) bond motifs is 1. The van der Waals surface area contributed by atoms with E-state index in [9.17, 15) is 15.3 Å². The van der Waals surface area contributed by atoms with E-state index in [0.717, 1.165) is 5.69 Å². The van der Waals surface area contributed by atoms with E-state index in [4.69, 9.17) is 16.3 Å². The molecule has 1 aliphatic rings. The minimum absolute atomic E-state index is 0.388. The lowest BCUT2D eigenvalue weighted by Gasteiger charge is -2.18. The third kappa shape index (κ3) is 2.91. The first-order valence-electron chi connectivity index (χ1n) is 8.11. The minimum Gasteiger partial charge on any atom is -0.394 e. The van der Waals surface area contributed by atoms with Gasteiger partial charge in [0.15, 0.2) is 11.8 Å². The molecule has 136 valence electrons. The van der Waals surface area contributed by atoms with Crippen LogP contribution in [-0.4, -0.2) is 50.2 Å². The fourth-order valence-electron chi connectivity index (χ4n) is 3.14. The Kier molecular flexibility index (Phi) is 4.51. The molecule has 4 rings (SSSR count). The maximum absolute atomic E-state index is 10.4. The van der Waals surface area contributed by atoms with Gasteiger partial charge in [-0.2, -0.15) is 0 Å². The van der Waals surface area contributed by atoms with Gasteiger partial charge in [0, 0.05) is 16.3 Å². The van der Waals surface area contributed by atoms with Gasteiger partial charge in [-0.05, 0) is 24.3 Å². The SMILES string of the molecule is OC[C@H]1OC(c2cnc3[nH+]c[nH]c3c2Nc2ccc(Cl)cc2)[C@H](O)[C@H]1O. The van der Waals surface area contributed by atoms with Crippen LogP contribution in [0.4, 0.5) is 11.4 Å². The molecule has 1 aliphatic heterocycles. The third-order valence-corrected chi connectivity index (χ3v) is 4.75. The number of aromatic amines is 2. The van der Waals surface area contributed by atoms with Crippen LogP contribution in [0, 0.1) is 0 Å². The number of aliphatic hydroxyl groups is 3. The molecule has 1 aromatic carbocycles. The van der Waals surface area contributed by atoms with Crippen LogP contribution in [0.15, 0.2) is 36.8 Å². The highest BCUT2D eigenvalue weighted by Gasteiger charge is 2.44. The molecule has 0 aliphatic carbocycles. The molecule has 0 amide bonds. The number of nitrogens with one attached hydrogen (secondary N) is 3. The van der Waals surface area contributed by atoms with E-state index in [0.29, 0.717) is 27.4 Å². The van der Waals surface area contributed by atoms with Crippen molar-refractivity contribution in [1.29, 1.82) is 0 Å². The smallest absolute Gasteiger partial charge is 0.301 e. The largest absolute Gasteiger partial charge is 0.394 e. The van der Waals surface area contributed by atoms with Crippen molar-refractivity contribution in [2.24, 2.45) is 0 Å². The number of H-pyrrole nitrogens is 2. The Bertz CT molecular complexity index is 917. The molecule has 26 heavy (non-hydrogen) atoms. The van der Waals surface area contributed by atoms with E-state index in [1.807, 2.05) is 12.1 Å². The summed E-state index contributed by atoms with van der Waals surface area (Å²) in [6, 6.07) is 7.16. The van der Waals surface area contributed by atoms with E-state index in [1.165, 1.54) is 0 Å². The highest BCUT2D eigenvalue weighted by Crippen LogP contribution is 2.39. The maximum atomic E-state index is 10.4. The van der Waals surface area contributed by atoms with E-state index < -0.39 is 24.4 Å². The lowest BCUT2D eigenvalue weighted by atomic mass is 10.0. The van der Waals surface area contributed by atoms with Gasteiger partial charge in [0.25, 0.3) is 0 Å². The lowest BCUT2D eigenvalue weighted by molar-refractivity contribution is -0.347. The van der Waals surface area contributed by atoms with Gasteiger partial charge in [-0.1, -0.05) is 11.6 Å². The van der Waals surface area contributed by atoms with Gasteiger partial charge in [-0.3, -0.25) is 4.98 Å². The number of anilines is 2. The van der Waals surface area contributed by atoms with Crippen molar-refractivity contribution in [2.45, 2.75) is 24.4 Å². The summed E-state index contributed by atoms with van der Waals surface area (Å²) in [6.07, 6.45) is -0.839. The number of pyridine rings is 1. The Balaban J connectivity index is 1.78. The quantitative estimate of drug-likeness (QED) is 0.460. The first-order chi connectivity index (χ1) is 12.6. The molecule has 8 nitrogen and oxygen atoms in total. The van der Waals surface area contributed by atoms with Gasteiger partial charge >= 0.3 is 5.65 Å². The summed E-state index contributed by atoms with van der Waals surface area (Å²) in [6.45, 7) is -0.388.